The minimum atomic E-state index is -1.38. The Morgan fingerprint density at radius 2 is 1.62 bits per heavy atom. The minimum absolute atomic E-state index is 0.0477. The van der Waals surface area contributed by atoms with E-state index >= 15 is 4.79 Å². The van der Waals surface area contributed by atoms with Crippen LogP contribution in [0.25, 0.3) is 0 Å². The van der Waals surface area contributed by atoms with Gasteiger partial charge in [-0.25, -0.2) is 0 Å². The van der Waals surface area contributed by atoms with Crippen molar-refractivity contribution in [1.29, 1.82) is 0 Å². The number of aryl methyl sites for hydroxylation is 2. The normalized spacial score (nSPS) is 24.3. The highest BCUT2D eigenvalue weighted by molar-refractivity contribution is 6.03. The highest BCUT2D eigenvalue weighted by Gasteiger charge is 2.66. The summed E-state index contributed by atoms with van der Waals surface area (Å²) in [7, 11) is 0. The zero-order chi connectivity index (χ0) is 44.9. The molecule has 65 heavy (non-hydrogen) atoms. The molecule has 5 aliphatic rings. The molecule has 0 bridgehead atoms. The Labute approximate surface area is 382 Å². The van der Waals surface area contributed by atoms with Crippen LogP contribution in [-0.2, 0) is 27.5 Å². The van der Waals surface area contributed by atoms with E-state index in [1.54, 1.807) is 6.08 Å². The molecule has 0 aromatic heterocycles. The Morgan fingerprint density at radius 3 is 2.38 bits per heavy atom. The van der Waals surface area contributed by atoms with E-state index in [0.717, 1.165) is 77.8 Å². The lowest BCUT2D eigenvalue weighted by molar-refractivity contribution is -0.258. The van der Waals surface area contributed by atoms with Gasteiger partial charge < -0.3 is 43.6 Å². The van der Waals surface area contributed by atoms with Crippen LogP contribution >= 0.6 is 0 Å². The molecule has 0 spiro atoms. The summed E-state index contributed by atoms with van der Waals surface area (Å²) < 4.78 is 32.9. The fourth-order valence-corrected chi connectivity index (χ4v) is 10.5. The zero-order valence-electron chi connectivity index (χ0n) is 37.7. The van der Waals surface area contributed by atoms with Crippen LogP contribution in [0.15, 0.2) is 114 Å². The first kappa shape index (κ1) is 44.6. The average Bonchev–Trinajstić information content (AvgIpc) is 4.07. The van der Waals surface area contributed by atoms with Crippen LogP contribution in [0.3, 0.4) is 0 Å². The average molecular weight is 883 g/mol. The summed E-state index contributed by atoms with van der Waals surface area (Å²) in [5.74, 6) is 1.55. The number of ether oxygens (including phenoxy) is 5. The highest BCUT2D eigenvalue weighted by atomic mass is 16.7. The van der Waals surface area contributed by atoms with Gasteiger partial charge in [-0.2, -0.15) is 0 Å². The lowest BCUT2D eigenvalue weighted by Crippen LogP contribution is -2.70. The van der Waals surface area contributed by atoms with Crippen molar-refractivity contribution in [2.45, 2.75) is 103 Å². The van der Waals surface area contributed by atoms with Crippen molar-refractivity contribution in [3.63, 3.8) is 0 Å². The summed E-state index contributed by atoms with van der Waals surface area (Å²) in [6.07, 6.45) is 10.8. The molecule has 11 nitrogen and oxygen atoms in total. The van der Waals surface area contributed by atoms with Crippen LogP contribution in [0, 0.1) is 37.5 Å². The first-order valence-corrected chi connectivity index (χ1v) is 23.5. The molecule has 342 valence electrons. The van der Waals surface area contributed by atoms with Gasteiger partial charge >= 0.3 is 0 Å². The lowest BCUT2D eigenvalue weighted by Gasteiger charge is -2.60. The first-order valence-electron chi connectivity index (χ1n) is 23.5. The maximum Gasteiger partial charge on any atom is 0.239 e. The first-order chi connectivity index (χ1) is 31.8. The van der Waals surface area contributed by atoms with Gasteiger partial charge in [-0.15, -0.1) is 6.58 Å². The summed E-state index contributed by atoms with van der Waals surface area (Å²) in [5, 5.41) is 25.1. The number of benzene rings is 4. The van der Waals surface area contributed by atoms with Crippen LogP contribution in [-0.4, -0.2) is 65.2 Å². The highest BCUT2D eigenvalue weighted by Crippen LogP contribution is 2.62. The van der Waals surface area contributed by atoms with Gasteiger partial charge in [0.2, 0.25) is 18.5 Å². The zero-order valence-corrected chi connectivity index (χ0v) is 37.7. The summed E-state index contributed by atoms with van der Waals surface area (Å²) in [6.45, 7) is 9.39. The second-order valence-corrected chi connectivity index (χ2v) is 18.3. The Kier molecular flexibility index (Phi) is 13.6. The van der Waals surface area contributed by atoms with E-state index in [1.807, 2.05) is 71.6 Å². The number of nitrogens with zero attached hydrogens (tertiary/aromatic N) is 2. The lowest BCUT2D eigenvalue weighted by atomic mass is 9.55. The Bertz CT molecular complexity index is 2390. The van der Waals surface area contributed by atoms with Crippen LogP contribution in [0.5, 0.6) is 28.7 Å². The number of oxime groups is 1. The summed E-state index contributed by atoms with van der Waals surface area (Å²) in [4.78, 5) is 23.3. The molecule has 2 fully saturated rings. The fraction of sp³-hybridized carbons (Fsp3) is 0.444. The number of unbranched alkanes of at least 4 members (excludes halogenated alkanes) is 2. The molecule has 0 radical (unpaired) electrons. The van der Waals surface area contributed by atoms with Gasteiger partial charge in [0.05, 0.1) is 18.2 Å². The van der Waals surface area contributed by atoms with E-state index in [-0.39, 0.29) is 69.3 Å². The van der Waals surface area contributed by atoms with Crippen LogP contribution in [0.1, 0.15) is 91.5 Å². The molecule has 6 atom stereocenters. The number of aliphatic hydroxyl groups is 2. The van der Waals surface area contributed by atoms with Crippen molar-refractivity contribution < 1.29 is 43.5 Å². The fourth-order valence-electron chi connectivity index (χ4n) is 10.5. The SMILES string of the molecule is C=CCOC12Oc3ccc(Oc4ccc(C)c(C)c4)cc3C3C(CCCCO)C(CCCCO)C=C(C(=NOCc4ccccc4)CC1N(Cc1ccc4c(c1)OCO4)C(=O)C1CC1)C32. The largest absolute Gasteiger partial charge is 0.459 e. The number of amides is 1. The van der Waals surface area contributed by atoms with Gasteiger partial charge in [0.25, 0.3) is 0 Å². The molecule has 2 saturated carbocycles. The molecule has 6 unspecified atom stereocenters. The van der Waals surface area contributed by atoms with Crippen LogP contribution in [0.2, 0.25) is 0 Å². The van der Waals surface area contributed by atoms with E-state index in [2.05, 4.69) is 44.7 Å². The van der Waals surface area contributed by atoms with Crippen molar-refractivity contribution in [2.75, 3.05) is 26.6 Å². The monoisotopic (exact) mass is 882 g/mol. The molecule has 0 saturated heterocycles. The van der Waals surface area contributed by atoms with E-state index < -0.39 is 17.7 Å². The second-order valence-electron chi connectivity index (χ2n) is 18.3. The quantitative estimate of drug-likeness (QED) is 0.0507. The van der Waals surface area contributed by atoms with Gasteiger partial charge in [-0.05, 0) is 134 Å². The molecule has 11 heteroatoms. The summed E-state index contributed by atoms with van der Waals surface area (Å²) >= 11 is 0. The van der Waals surface area contributed by atoms with Crippen molar-refractivity contribution in [1.82, 2.24) is 4.90 Å². The van der Waals surface area contributed by atoms with E-state index in [4.69, 9.17) is 33.7 Å². The van der Waals surface area contributed by atoms with Crippen molar-refractivity contribution in [3.05, 3.63) is 137 Å². The number of carbonyl (C=O) groups excluding carboxylic acids is 1. The Morgan fingerprint density at radius 1 is 0.862 bits per heavy atom. The predicted molar refractivity (Wildman–Crippen MR) is 248 cm³/mol. The van der Waals surface area contributed by atoms with Crippen molar-refractivity contribution in [3.8, 4) is 28.7 Å². The third-order valence-corrected chi connectivity index (χ3v) is 14.0. The van der Waals surface area contributed by atoms with Gasteiger partial charge in [-0.1, -0.05) is 72.6 Å². The number of aliphatic hydroxyl groups excluding tert-OH is 2. The molecule has 9 rings (SSSR count). The third-order valence-electron chi connectivity index (χ3n) is 14.0. The maximum atomic E-state index is 15.0. The number of allylic oxidation sites excluding steroid dienone is 1. The standard InChI is InChI=1S/C54H62N2O9/c1-4-26-62-54-50(56(53(59)39-18-19-39)32-38-17-22-48-49(28-38)61-34-60-48)31-46(55-63-33-37-12-6-5-7-13-37)44-29-40(14-8-10-24-57)43(15-9-11-25-58)51(52(44)54)45-30-42(21-23-47(45)65-54)64-41-20-16-35(2)36(3)27-41/h4-7,12-13,16-17,20-23,27-30,39-40,43,50-52,57-58H,1,8-11,14-15,18-19,24-26,31-34H2,2-3H3. The smallest absolute Gasteiger partial charge is 0.239 e. The van der Waals surface area contributed by atoms with Gasteiger partial charge in [0.1, 0.15) is 29.9 Å². The van der Waals surface area contributed by atoms with Crippen molar-refractivity contribution >= 4 is 11.6 Å². The third kappa shape index (κ3) is 9.42. The molecule has 4 aromatic rings. The van der Waals surface area contributed by atoms with Gasteiger partial charge in [0.15, 0.2) is 11.5 Å². The summed E-state index contributed by atoms with van der Waals surface area (Å²) in [6, 6.07) is 27.4. The van der Waals surface area contributed by atoms with Gasteiger partial charge in [-0.3, -0.25) is 4.79 Å². The molecular weight excluding hydrogens is 821 g/mol. The van der Waals surface area contributed by atoms with Crippen LogP contribution in [0.4, 0.5) is 0 Å². The number of carbonyl (C=O) groups is 1. The Hall–Kier alpha value is -5.62. The number of rotatable bonds is 20. The van der Waals surface area contributed by atoms with E-state index in [0.29, 0.717) is 42.3 Å². The molecule has 1 amide bonds. The molecular formula is C54H62N2O9. The molecule has 2 heterocycles. The topological polar surface area (TPSA) is 129 Å². The number of fused-ring (bicyclic) bond motifs is 3. The predicted octanol–water partition coefficient (Wildman–Crippen LogP) is 10.1. The van der Waals surface area contributed by atoms with E-state index in [1.165, 1.54) is 5.56 Å². The molecule has 3 aliphatic carbocycles. The minimum Gasteiger partial charge on any atom is -0.459 e. The second kappa shape index (κ2) is 19.9. The number of hydrogen-bond donors (Lipinski definition) is 2. The number of hydrogen-bond acceptors (Lipinski definition) is 10. The maximum absolute atomic E-state index is 15.0. The molecule has 2 aliphatic heterocycles. The molecule has 2 N–H and O–H groups in total. The summed E-state index contributed by atoms with van der Waals surface area (Å²) in [5.41, 5.74) is 6.98. The van der Waals surface area contributed by atoms with Crippen LogP contribution < -0.4 is 18.9 Å². The van der Waals surface area contributed by atoms with Crippen molar-refractivity contribution in [2.24, 2.45) is 28.8 Å². The van der Waals surface area contributed by atoms with Gasteiger partial charge in [0, 0.05) is 43.6 Å². The van der Waals surface area contributed by atoms with E-state index in [9.17, 15) is 10.2 Å². The Balaban J connectivity index is 1.23. The molecule has 4 aromatic carbocycles.